The van der Waals surface area contributed by atoms with Gasteiger partial charge >= 0.3 is 5.97 Å². The largest absolute Gasteiger partial charge is 0.469 e. The predicted octanol–water partition coefficient (Wildman–Crippen LogP) is 2.18. The van der Waals surface area contributed by atoms with Crippen LogP contribution in [0.1, 0.15) is 6.42 Å². The molecule has 1 unspecified atom stereocenters. The number of methoxy groups -OCH3 is 1. The summed E-state index contributed by atoms with van der Waals surface area (Å²) in [5, 5.41) is 0. The Balaban J connectivity index is 1.73. The molecule has 0 radical (unpaired) electrons. The molecule has 1 aromatic carbocycles. The third kappa shape index (κ3) is 5.30. The molecule has 0 aliphatic carbocycles. The fraction of sp³-hybridized carbons (Fsp3) is 0.533. The maximum absolute atomic E-state index is 13.5. The summed E-state index contributed by atoms with van der Waals surface area (Å²) in [6.07, 6.45) is 0.178. The molecule has 0 N–H and O–H groups in total. The lowest BCUT2D eigenvalue weighted by Gasteiger charge is -2.32. The lowest BCUT2D eigenvalue weighted by atomic mass is 10.2. The highest BCUT2D eigenvalue weighted by atomic mass is 32.2. The fourth-order valence-electron chi connectivity index (χ4n) is 2.22. The number of thioether (sulfide) groups is 1. The van der Waals surface area contributed by atoms with Crippen molar-refractivity contribution in [3.05, 3.63) is 30.1 Å². The number of hydrogen-bond acceptors (Lipinski definition) is 5. The molecule has 6 heteroatoms. The zero-order chi connectivity index (χ0) is 15.1. The van der Waals surface area contributed by atoms with Gasteiger partial charge in [0.05, 0.1) is 26.2 Å². The normalized spacial score (nSPS) is 19.4. The summed E-state index contributed by atoms with van der Waals surface area (Å²) in [7, 11) is 1.38. The molecule has 1 heterocycles. The van der Waals surface area contributed by atoms with Crippen LogP contribution < -0.4 is 0 Å². The van der Waals surface area contributed by atoms with E-state index in [0.29, 0.717) is 18.0 Å². The molecule has 1 aliphatic rings. The van der Waals surface area contributed by atoms with Crippen LogP contribution in [0.25, 0.3) is 0 Å². The first-order valence-electron chi connectivity index (χ1n) is 6.97. The van der Waals surface area contributed by atoms with Gasteiger partial charge in [0, 0.05) is 30.3 Å². The summed E-state index contributed by atoms with van der Waals surface area (Å²) in [5.74, 6) is 0.391. The molecular formula is C15H20FNO3S. The van der Waals surface area contributed by atoms with Gasteiger partial charge < -0.3 is 9.47 Å². The number of carbonyl (C=O) groups excluding carboxylic acids is 1. The average molecular weight is 313 g/mol. The molecule has 1 fully saturated rings. The molecule has 4 nitrogen and oxygen atoms in total. The molecule has 1 atom stereocenters. The zero-order valence-electron chi connectivity index (χ0n) is 12.1. The number of esters is 1. The highest BCUT2D eigenvalue weighted by Gasteiger charge is 2.22. The van der Waals surface area contributed by atoms with E-state index >= 15 is 0 Å². The third-order valence-electron chi connectivity index (χ3n) is 3.35. The predicted molar refractivity (Wildman–Crippen MR) is 79.9 cm³/mol. The second-order valence-electron chi connectivity index (χ2n) is 4.85. The minimum absolute atomic E-state index is 0.107. The minimum atomic E-state index is -0.248. The van der Waals surface area contributed by atoms with E-state index in [1.807, 2.05) is 6.07 Å². The van der Waals surface area contributed by atoms with Crippen LogP contribution in [0, 0.1) is 5.82 Å². The van der Waals surface area contributed by atoms with E-state index in [2.05, 4.69) is 9.64 Å². The van der Waals surface area contributed by atoms with Crippen LogP contribution in [-0.2, 0) is 14.3 Å². The van der Waals surface area contributed by atoms with Crippen LogP contribution in [0.4, 0.5) is 4.39 Å². The SMILES string of the molecule is COC(=O)CC1CN(CCSc2ccccc2F)CCO1. The van der Waals surface area contributed by atoms with Crippen LogP contribution in [0.3, 0.4) is 0 Å². The van der Waals surface area contributed by atoms with Gasteiger partial charge in [-0.05, 0) is 12.1 Å². The standard InChI is InChI=1S/C15H20FNO3S/c1-19-15(18)10-12-11-17(6-8-20-12)7-9-21-14-5-3-2-4-13(14)16/h2-5,12H,6-11H2,1H3. The Labute approximate surface area is 128 Å². The van der Waals surface area contributed by atoms with Gasteiger partial charge in [0.1, 0.15) is 5.82 Å². The number of halogens is 1. The number of ether oxygens (including phenoxy) is 2. The molecule has 1 aliphatic heterocycles. The molecule has 1 aromatic rings. The van der Waals surface area contributed by atoms with E-state index in [1.54, 1.807) is 12.1 Å². The van der Waals surface area contributed by atoms with Crippen molar-refractivity contribution in [1.82, 2.24) is 4.90 Å². The van der Waals surface area contributed by atoms with Crippen molar-refractivity contribution >= 4 is 17.7 Å². The van der Waals surface area contributed by atoms with Crippen molar-refractivity contribution in [1.29, 1.82) is 0 Å². The maximum atomic E-state index is 13.5. The number of morpholine rings is 1. The van der Waals surface area contributed by atoms with Gasteiger partial charge in [-0.2, -0.15) is 0 Å². The van der Waals surface area contributed by atoms with Gasteiger partial charge in [0.15, 0.2) is 0 Å². The lowest BCUT2D eigenvalue weighted by Crippen LogP contribution is -2.44. The maximum Gasteiger partial charge on any atom is 0.308 e. The molecular weight excluding hydrogens is 293 g/mol. The molecule has 0 aromatic heterocycles. The molecule has 1 saturated heterocycles. The van der Waals surface area contributed by atoms with Gasteiger partial charge in [-0.25, -0.2) is 4.39 Å². The van der Waals surface area contributed by atoms with Crippen molar-refractivity contribution in [3.63, 3.8) is 0 Å². The van der Waals surface area contributed by atoms with Crippen LogP contribution in [0.15, 0.2) is 29.2 Å². The summed E-state index contributed by atoms with van der Waals surface area (Å²) in [6, 6.07) is 6.80. The molecule has 0 saturated carbocycles. The number of nitrogens with zero attached hydrogens (tertiary/aromatic N) is 1. The monoisotopic (exact) mass is 313 g/mol. The van der Waals surface area contributed by atoms with Gasteiger partial charge in [0.25, 0.3) is 0 Å². The second-order valence-corrected chi connectivity index (χ2v) is 5.99. The van der Waals surface area contributed by atoms with Crippen LogP contribution in [0.2, 0.25) is 0 Å². The minimum Gasteiger partial charge on any atom is -0.469 e. The van der Waals surface area contributed by atoms with Crippen LogP contribution in [-0.4, -0.2) is 56.1 Å². The number of rotatable bonds is 6. The molecule has 2 rings (SSSR count). The Kier molecular flexibility index (Phi) is 6.48. The fourth-order valence-corrected chi connectivity index (χ4v) is 3.17. The van der Waals surface area contributed by atoms with Crippen molar-refractivity contribution in [2.24, 2.45) is 0 Å². The summed E-state index contributed by atoms with van der Waals surface area (Å²) in [5.41, 5.74) is 0. The van der Waals surface area contributed by atoms with E-state index in [-0.39, 0.29) is 24.3 Å². The average Bonchev–Trinajstić information content (AvgIpc) is 2.49. The lowest BCUT2D eigenvalue weighted by molar-refractivity contribution is -0.145. The highest BCUT2D eigenvalue weighted by Crippen LogP contribution is 2.21. The zero-order valence-corrected chi connectivity index (χ0v) is 12.9. The third-order valence-corrected chi connectivity index (χ3v) is 4.38. The molecule has 0 amide bonds. The summed E-state index contributed by atoms with van der Waals surface area (Å²) < 4.78 is 23.7. The Bertz CT molecular complexity index is 472. The summed E-state index contributed by atoms with van der Waals surface area (Å²) in [4.78, 5) is 14.2. The van der Waals surface area contributed by atoms with Gasteiger partial charge in [-0.15, -0.1) is 11.8 Å². The van der Waals surface area contributed by atoms with E-state index < -0.39 is 0 Å². The summed E-state index contributed by atoms with van der Waals surface area (Å²) >= 11 is 1.51. The molecule has 116 valence electrons. The number of hydrogen-bond donors (Lipinski definition) is 0. The Morgan fingerprint density at radius 2 is 2.33 bits per heavy atom. The van der Waals surface area contributed by atoms with Crippen molar-refractivity contribution in [3.8, 4) is 0 Å². The summed E-state index contributed by atoms with van der Waals surface area (Å²) in [6.45, 7) is 3.02. The smallest absolute Gasteiger partial charge is 0.308 e. The quantitative estimate of drug-likeness (QED) is 0.594. The van der Waals surface area contributed by atoms with Gasteiger partial charge in [-0.1, -0.05) is 12.1 Å². The van der Waals surface area contributed by atoms with Gasteiger partial charge in [-0.3, -0.25) is 9.69 Å². The topological polar surface area (TPSA) is 38.8 Å². The van der Waals surface area contributed by atoms with E-state index in [9.17, 15) is 9.18 Å². The first kappa shape index (κ1) is 16.3. The van der Waals surface area contributed by atoms with Crippen molar-refractivity contribution < 1.29 is 18.7 Å². The molecule has 0 bridgehead atoms. The number of carbonyl (C=O) groups is 1. The van der Waals surface area contributed by atoms with Crippen molar-refractivity contribution in [2.75, 3.05) is 39.1 Å². The first-order valence-corrected chi connectivity index (χ1v) is 7.95. The van der Waals surface area contributed by atoms with Gasteiger partial charge in [0.2, 0.25) is 0 Å². The Hall–Kier alpha value is -1.11. The van der Waals surface area contributed by atoms with E-state index in [0.717, 1.165) is 18.8 Å². The van der Waals surface area contributed by atoms with E-state index in [1.165, 1.54) is 24.9 Å². The van der Waals surface area contributed by atoms with Crippen LogP contribution in [0.5, 0.6) is 0 Å². The first-order chi connectivity index (χ1) is 10.2. The molecule has 21 heavy (non-hydrogen) atoms. The highest BCUT2D eigenvalue weighted by molar-refractivity contribution is 7.99. The van der Waals surface area contributed by atoms with Crippen molar-refractivity contribution in [2.45, 2.75) is 17.4 Å². The molecule has 0 spiro atoms. The second kappa shape index (κ2) is 8.36. The Morgan fingerprint density at radius 1 is 1.52 bits per heavy atom. The number of benzene rings is 1. The Morgan fingerprint density at radius 3 is 3.10 bits per heavy atom. The van der Waals surface area contributed by atoms with Crippen LogP contribution >= 0.6 is 11.8 Å². The van der Waals surface area contributed by atoms with E-state index in [4.69, 9.17) is 4.74 Å².